The van der Waals surface area contributed by atoms with Crippen molar-refractivity contribution in [1.82, 2.24) is 15.2 Å². The molecule has 1 atom stereocenters. The molecule has 3 heterocycles. The molecule has 5 nitrogen and oxygen atoms in total. The minimum atomic E-state index is -0.142. The molecule has 0 aromatic carbocycles. The number of carbonyl (C=O) groups excluding carboxylic acids is 1. The minimum Gasteiger partial charge on any atom is -0.478 e. The van der Waals surface area contributed by atoms with Crippen LogP contribution in [0.5, 0.6) is 5.88 Å². The standard InChI is InChI=1S/C16H23N3O2/c1-2-21-14-5-4-13(10-18-14)11-19-9-7-16(12-19)6-3-8-17-15(16)20/h4-5,10H,2-3,6-9,11-12H2,1H3,(H,17,20). The van der Waals surface area contributed by atoms with Crippen LogP contribution in [0.25, 0.3) is 0 Å². The molecule has 2 aliphatic rings. The molecule has 0 radical (unpaired) electrons. The van der Waals surface area contributed by atoms with Gasteiger partial charge in [-0.3, -0.25) is 9.69 Å². The second-order valence-electron chi connectivity index (χ2n) is 6.04. The summed E-state index contributed by atoms with van der Waals surface area (Å²) >= 11 is 0. The Balaban J connectivity index is 1.60. The first-order chi connectivity index (χ1) is 10.2. The first kappa shape index (κ1) is 14.3. The third-order valence-corrected chi connectivity index (χ3v) is 4.53. The summed E-state index contributed by atoms with van der Waals surface area (Å²) in [6.45, 7) is 6.13. The molecule has 0 aliphatic carbocycles. The van der Waals surface area contributed by atoms with Gasteiger partial charge in [-0.15, -0.1) is 0 Å². The third-order valence-electron chi connectivity index (χ3n) is 4.53. The van der Waals surface area contributed by atoms with E-state index in [2.05, 4.69) is 21.3 Å². The van der Waals surface area contributed by atoms with Crippen molar-refractivity contribution in [3.63, 3.8) is 0 Å². The van der Waals surface area contributed by atoms with E-state index in [-0.39, 0.29) is 11.3 Å². The topological polar surface area (TPSA) is 54.5 Å². The monoisotopic (exact) mass is 289 g/mol. The molecule has 114 valence electrons. The van der Waals surface area contributed by atoms with Gasteiger partial charge < -0.3 is 10.1 Å². The van der Waals surface area contributed by atoms with Crippen LogP contribution in [0.1, 0.15) is 31.7 Å². The summed E-state index contributed by atoms with van der Waals surface area (Å²) in [5.74, 6) is 0.923. The third kappa shape index (κ3) is 3.02. The molecule has 2 aliphatic heterocycles. The largest absolute Gasteiger partial charge is 0.478 e. The van der Waals surface area contributed by atoms with E-state index in [1.807, 2.05) is 19.2 Å². The summed E-state index contributed by atoms with van der Waals surface area (Å²) in [4.78, 5) is 18.8. The van der Waals surface area contributed by atoms with E-state index in [0.29, 0.717) is 12.5 Å². The molecular formula is C16H23N3O2. The maximum absolute atomic E-state index is 12.2. The van der Waals surface area contributed by atoms with E-state index in [4.69, 9.17) is 4.74 Å². The molecule has 1 spiro atoms. The Kier molecular flexibility index (Phi) is 4.10. The number of amides is 1. The lowest BCUT2D eigenvalue weighted by atomic mass is 9.79. The molecule has 1 N–H and O–H groups in total. The second-order valence-corrected chi connectivity index (χ2v) is 6.04. The first-order valence-corrected chi connectivity index (χ1v) is 7.80. The molecule has 1 aromatic rings. The average molecular weight is 289 g/mol. The zero-order chi connectivity index (χ0) is 14.7. The molecule has 2 saturated heterocycles. The highest BCUT2D eigenvalue weighted by Gasteiger charge is 2.45. The van der Waals surface area contributed by atoms with Crippen LogP contribution in [0.15, 0.2) is 18.3 Å². The van der Waals surface area contributed by atoms with Gasteiger partial charge in [-0.1, -0.05) is 6.07 Å². The number of ether oxygens (including phenoxy) is 1. The number of pyridine rings is 1. The molecule has 1 amide bonds. The number of aromatic nitrogens is 1. The Morgan fingerprint density at radius 1 is 1.43 bits per heavy atom. The van der Waals surface area contributed by atoms with E-state index >= 15 is 0 Å². The van der Waals surface area contributed by atoms with Crippen molar-refractivity contribution in [3.05, 3.63) is 23.9 Å². The van der Waals surface area contributed by atoms with Gasteiger partial charge in [0.25, 0.3) is 0 Å². The van der Waals surface area contributed by atoms with Gasteiger partial charge in [0.05, 0.1) is 12.0 Å². The van der Waals surface area contributed by atoms with Crippen molar-refractivity contribution >= 4 is 5.91 Å². The molecule has 2 fully saturated rings. The molecule has 0 bridgehead atoms. The van der Waals surface area contributed by atoms with Gasteiger partial charge in [0.15, 0.2) is 0 Å². The quantitative estimate of drug-likeness (QED) is 0.914. The van der Waals surface area contributed by atoms with Crippen LogP contribution in [0.2, 0.25) is 0 Å². The summed E-state index contributed by atoms with van der Waals surface area (Å²) in [7, 11) is 0. The van der Waals surface area contributed by atoms with Crippen molar-refractivity contribution in [2.24, 2.45) is 5.41 Å². The fraction of sp³-hybridized carbons (Fsp3) is 0.625. The average Bonchev–Trinajstić information content (AvgIpc) is 2.89. The van der Waals surface area contributed by atoms with Gasteiger partial charge >= 0.3 is 0 Å². The number of hydrogen-bond acceptors (Lipinski definition) is 4. The van der Waals surface area contributed by atoms with Crippen LogP contribution < -0.4 is 10.1 Å². The van der Waals surface area contributed by atoms with Gasteiger partial charge in [0, 0.05) is 31.9 Å². The van der Waals surface area contributed by atoms with E-state index < -0.39 is 0 Å². The number of piperidine rings is 1. The smallest absolute Gasteiger partial charge is 0.227 e. The number of likely N-dealkylation sites (tertiary alicyclic amines) is 1. The van der Waals surface area contributed by atoms with Gasteiger partial charge in [-0.2, -0.15) is 0 Å². The van der Waals surface area contributed by atoms with E-state index in [9.17, 15) is 4.79 Å². The molecule has 1 unspecified atom stereocenters. The Labute approximate surface area is 125 Å². The molecular weight excluding hydrogens is 266 g/mol. The Bertz CT molecular complexity index is 503. The SMILES string of the molecule is CCOc1ccc(CN2CCC3(CCCNC3=O)C2)cn1. The first-order valence-electron chi connectivity index (χ1n) is 7.80. The van der Waals surface area contributed by atoms with Crippen LogP contribution in [0, 0.1) is 5.41 Å². The van der Waals surface area contributed by atoms with E-state index in [1.54, 1.807) is 0 Å². The summed E-state index contributed by atoms with van der Waals surface area (Å²) in [6, 6.07) is 3.97. The lowest BCUT2D eigenvalue weighted by molar-refractivity contribution is -0.132. The number of carbonyl (C=O) groups is 1. The highest BCUT2D eigenvalue weighted by molar-refractivity contribution is 5.83. The van der Waals surface area contributed by atoms with Crippen LogP contribution in [-0.4, -0.2) is 42.0 Å². The summed E-state index contributed by atoms with van der Waals surface area (Å²) in [5.41, 5.74) is 1.03. The maximum atomic E-state index is 12.2. The van der Waals surface area contributed by atoms with Gasteiger partial charge in [-0.05, 0) is 38.3 Å². The molecule has 0 saturated carbocycles. The summed E-state index contributed by atoms with van der Waals surface area (Å²) in [5, 5.41) is 3.03. The van der Waals surface area contributed by atoms with Gasteiger partial charge in [-0.25, -0.2) is 4.98 Å². The zero-order valence-corrected chi connectivity index (χ0v) is 12.6. The Hall–Kier alpha value is -1.62. The van der Waals surface area contributed by atoms with Crippen molar-refractivity contribution in [3.8, 4) is 5.88 Å². The second kappa shape index (κ2) is 6.02. The molecule has 5 heteroatoms. The predicted octanol–water partition coefficient (Wildman–Crippen LogP) is 1.58. The minimum absolute atomic E-state index is 0.142. The predicted molar refractivity (Wildman–Crippen MR) is 80.0 cm³/mol. The van der Waals surface area contributed by atoms with Gasteiger partial charge in [0.1, 0.15) is 0 Å². The fourth-order valence-electron chi connectivity index (χ4n) is 3.41. The van der Waals surface area contributed by atoms with E-state index in [0.717, 1.165) is 45.4 Å². The van der Waals surface area contributed by atoms with Crippen molar-refractivity contribution in [2.45, 2.75) is 32.7 Å². The highest BCUT2D eigenvalue weighted by atomic mass is 16.5. The van der Waals surface area contributed by atoms with Crippen LogP contribution >= 0.6 is 0 Å². The number of nitrogens with zero attached hydrogens (tertiary/aromatic N) is 2. The Morgan fingerprint density at radius 3 is 3.05 bits per heavy atom. The van der Waals surface area contributed by atoms with Gasteiger partial charge in [0.2, 0.25) is 11.8 Å². The maximum Gasteiger partial charge on any atom is 0.227 e. The molecule has 21 heavy (non-hydrogen) atoms. The molecule has 1 aromatic heterocycles. The zero-order valence-electron chi connectivity index (χ0n) is 12.6. The van der Waals surface area contributed by atoms with Crippen molar-refractivity contribution < 1.29 is 9.53 Å². The lowest BCUT2D eigenvalue weighted by Gasteiger charge is -2.32. The molecule has 3 rings (SSSR count). The van der Waals surface area contributed by atoms with Crippen molar-refractivity contribution in [2.75, 3.05) is 26.2 Å². The van der Waals surface area contributed by atoms with Crippen LogP contribution in [0.4, 0.5) is 0 Å². The Morgan fingerprint density at radius 2 is 2.33 bits per heavy atom. The van der Waals surface area contributed by atoms with Crippen LogP contribution in [-0.2, 0) is 11.3 Å². The highest BCUT2D eigenvalue weighted by Crippen LogP contribution is 2.37. The number of hydrogen-bond donors (Lipinski definition) is 1. The number of nitrogens with one attached hydrogen (secondary N) is 1. The van der Waals surface area contributed by atoms with E-state index in [1.165, 1.54) is 5.56 Å². The fourth-order valence-corrected chi connectivity index (χ4v) is 3.41. The lowest BCUT2D eigenvalue weighted by Crippen LogP contribution is -2.47. The van der Waals surface area contributed by atoms with Crippen LogP contribution in [0.3, 0.4) is 0 Å². The summed E-state index contributed by atoms with van der Waals surface area (Å²) < 4.78 is 5.36. The summed E-state index contributed by atoms with van der Waals surface area (Å²) in [6.07, 6.45) is 4.97. The normalized spacial score (nSPS) is 26.0. The number of rotatable bonds is 4. The van der Waals surface area contributed by atoms with Crippen molar-refractivity contribution in [1.29, 1.82) is 0 Å².